The molecule has 0 spiro atoms. The standard InChI is InChI=1S/C16H25F2N/c1-4-7-19-12-16(5-2,6-3)11-13-8-14(17)10-15(18)9-13/h8-10,19H,4-7,11-12H2,1-3H3. The Hall–Kier alpha value is -0.960. The molecule has 0 amide bonds. The lowest BCUT2D eigenvalue weighted by atomic mass is 9.77. The molecule has 1 nitrogen and oxygen atoms in total. The molecule has 1 aromatic carbocycles. The molecule has 0 radical (unpaired) electrons. The number of nitrogens with one attached hydrogen (secondary N) is 1. The lowest BCUT2D eigenvalue weighted by Crippen LogP contribution is -2.35. The number of benzene rings is 1. The first kappa shape index (κ1) is 16.1. The fourth-order valence-electron chi connectivity index (χ4n) is 2.49. The van der Waals surface area contributed by atoms with E-state index < -0.39 is 11.6 Å². The molecule has 0 unspecified atom stereocenters. The van der Waals surface area contributed by atoms with Gasteiger partial charge in [-0.15, -0.1) is 0 Å². The molecule has 19 heavy (non-hydrogen) atoms. The Kier molecular flexibility index (Phi) is 6.43. The lowest BCUT2D eigenvalue weighted by molar-refractivity contribution is 0.246. The molecule has 0 atom stereocenters. The summed E-state index contributed by atoms with van der Waals surface area (Å²) in [6.45, 7) is 8.30. The maximum atomic E-state index is 13.3. The zero-order valence-electron chi connectivity index (χ0n) is 12.2. The van der Waals surface area contributed by atoms with Crippen molar-refractivity contribution in [3.05, 3.63) is 35.4 Å². The third kappa shape index (κ3) is 4.90. The van der Waals surface area contributed by atoms with E-state index >= 15 is 0 Å². The molecule has 0 fully saturated rings. The molecule has 0 bridgehead atoms. The fraction of sp³-hybridized carbons (Fsp3) is 0.625. The first-order chi connectivity index (χ1) is 9.05. The Labute approximate surface area is 115 Å². The third-order valence-corrected chi connectivity index (χ3v) is 3.93. The first-order valence-electron chi connectivity index (χ1n) is 7.21. The monoisotopic (exact) mass is 269 g/mol. The van der Waals surface area contributed by atoms with Crippen molar-refractivity contribution >= 4 is 0 Å². The van der Waals surface area contributed by atoms with E-state index in [0.717, 1.165) is 44.0 Å². The Morgan fingerprint density at radius 3 is 2.05 bits per heavy atom. The number of hydrogen-bond donors (Lipinski definition) is 1. The van der Waals surface area contributed by atoms with Crippen molar-refractivity contribution in [2.24, 2.45) is 5.41 Å². The summed E-state index contributed by atoms with van der Waals surface area (Å²) < 4.78 is 26.5. The van der Waals surface area contributed by atoms with Gasteiger partial charge in [0.05, 0.1) is 0 Å². The molecule has 3 heteroatoms. The molecule has 1 N–H and O–H groups in total. The Morgan fingerprint density at radius 2 is 1.58 bits per heavy atom. The summed E-state index contributed by atoms with van der Waals surface area (Å²) in [5.74, 6) is -0.977. The summed E-state index contributed by atoms with van der Waals surface area (Å²) in [7, 11) is 0. The van der Waals surface area contributed by atoms with E-state index in [-0.39, 0.29) is 5.41 Å². The van der Waals surface area contributed by atoms with Crippen LogP contribution in [0.3, 0.4) is 0 Å². The maximum absolute atomic E-state index is 13.3. The molecule has 1 aromatic rings. The quantitative estimate of drug-likeness (QED) is 0.693. The summed E-state index contributed by atoms with van der Waals surface area (Å²) in [5, 5.41) is 3.44. The molecule has 0 aliphatic heterocycles. The first-order valence-corrected chi connectivity index (χ1v) is 7.21. The van der Waals surface area contributed by atoms with Crippen LogP contribution in [-0.4, -0.2) is 13.1 Å². The van der Waals surface area contributed by atoms with Crippen LogP contribution in [0.4, 0.5) is 8.78 Å². The van der Waals surface area contributed by atoms with Gasteiger partial charge in [0.2, 0.25) is 0 Å². The number of rotatable bonds is 8. The summed E-state index contributed by atoms with van der Waals surface area (Å²) >= 11 is 0. The second kappa shape index (κ2) is 7.59. The molecule has 0 saturated carbocycles. The molecule has 0 saturated heterocycles. The molecule has 108 valence electrons. The minimum atomic E-state index is -0.488. The van der Waals surface area contributed by atoms with Gasteiger partial charge < -0.3 is 5.32 Å². The van der Waals surface area contributed by atoms with Gasteiger partial charge in [0.1, 0.15) is 11.6 Å². The van der Waals surface area contributed by atoms with Gasteiger partial charge in [-0.2, -0.15) is 0 Å². The molecule has 0 aliphatic carbocycles. The molecule has 0 aliphatic rings. The average molecular weight is 269 g/mol. The van der Waals surface area contributed by atoms with Gasteiger partial charge in [-0.3, -0.25) is 0 Å². The highest BCUT2D eigenvalue weighted by molar-refractivity contribution is 5.19. The number of halogens is 2. The predicted octanol–water partition coefficient (Wildman–Crippen LogP) is 4.31. The van der Waals surface area contributed by atoms with Crippen LogP contribution < -0.4 is 5.32 Å². The molecule has 1 rings (SSSR count). The van der Waals surface area contributed by atoms with Crippen LogP contribution in [0.5, 0.6) is 0 Å². The van der Waals surface area contributed by atoms with E-state index in [1.807, 2.05) is 0 Å². The SMILES string of the molecule is CCCNCC(CC)(CC)Cc1cc(F)cc(F)c1. The number of hydrogen-bond acceptors (Lipinski definition) is 1. The van der Waals surface area contributed by atoms with E-state index in [0.29, 0.717) is 6.42 Å². The van der Waals surface area contributed by atoms with Crippen LogP contribution >= 0.6 is 0 Å². The zero-order valence-corrected chi connectivity index (χ0v) is 12.2. The highest BCUT2D eigenvalue weighted by Crippen LogP contribution is 2.30. The predicted molar refractivity (Wildman–Crippen MR) is 76.2 cm³/mol. The largest absolute Gasteiger partial charge is 0.316 e. The second-order valence-electron chi connectivity index (χ2n) is 5.34. The zero-order chi connectivity index (χ0) is 14.3. The smallest absolute Gasteiger partial charge is 0.126 e. The van der Waals surface area contributed by atoms with Gasteiger partial charge in [0.25, 0.3) is 0 Å². The lowest BCUT2D eigenvalue weighted by Gasteiger charge is -2.32. The van der Waals surface area contributed by atoms with Crippen LogP contribution in [0, 0.1) is 17.0 Å². The minimum Gasteiger partial charge on any atom is -0.316 e. The van der Waals surface area contributed by atoms with Gasteiger partial charge in [0.15, 0.2) is 0 Å². The molecule has 0 heterocycles. The van der Waals surface area contributed by atoms with Crippen molar-refractivity contribution in [2.75, 3.05) is 13.1 Å². The van der Waals surface area contributed by atoms with Crippen molar-refractivity contribution in [3.8, 4) is 0 Å². The summed E-state index contributed by atoms with van der Waals surface area (Å²) in [6, 6.07) is 3.82. The van der Waals surface area contributed by atoms with Crippen molar-refractivity contribution in [2.45, 2.75) is 46.5 Å². The van der Waals surface area contributed by atoms with Crippen molar-refractivity contribution < 1.29 is 8.78 Å². The van der Waals surface area contributed by atoms with E-state index in [2.05, 4.69) is 26.1 Å². The molecular formula is C16H25F2N. The van der Waals surface area contributed by atoms with Crippen molar-refractivity contribution in [1.29, 1.82) is 0 Å². The van der Waals surface area contributed by atoms with E-state index in [1.54, 1.807) is 0 Å². The second-order valence-corrected chi connectivity index (χ2v) is 5.34. The van der Waals surface area contributed by atoms with Crippen LogP contribution in [-0.2, 0) is 6.42 Å². The van der Waals surface area contributed by atoms with Gasteiger partial charge >= 0.3 is 0 Å². The highest BCUT2D eigenvalue weighted by Gasteiger charge is 2.26. The Balaban J connectivity index is 2.81. The third-order valence-electron chi connectivity index (χ3n) is 3.93. The average Bonchev–Trinajstić information content (AvgIpc) is 2.36. The van der Waals surface area contributed by atoms with Gasteiger partial charge in [-0.05, 0) is 55.3 Å². The van der Waals surface area contributed by atoms with E-state index in [9.17, 15) is 8.78 Å². The molecular weight excluding hydrogens is 244 g/mol. The topological polar surface area (TPSA) is 12.0 Å². The minimum absolute atomic E-state index is 0.0788. The van der Waals surface area contributed by atoms with E-state index in [4.69, 9.17) is 0 Å². The van der Waals surface area contributed by atoms with Crippen LogP contribution in [0.2, 0.25) is 0 Å². The summed E-state index contributed by atoms with van der Waals surface area (Å²) in [5.41, 5.74) is 0.828. The highest BCUT2D eigenvalue weighted by atomic mass is 19.1. The Morgan fingerprint density at radius 1 is 1.00 bits per heavy atom. The molecule has 0 aromatic heterocycles. The Bertz CT molecular complexity index is 366. The van der Waals surface area contributed by atoms with Crippen molar-refractivity contribution in [3.63, 3.8) is 0 Å². The maximum Gasteiger partial charge on any atom is 0.126 e. The van der Waals surface area contributed by atoms with Crippen LogP contribution in [0.25, 0.3) is 0 Å². The van der Waals surface area contributed by atoms with Gasteiger partial charge in [-0.1, -0.05) is 20.8 Å². The van der Waals surface area contributed by atoms with Crippen LogP contribution in [0.1, 0.15) is 45.6 Å². The van der Waals surface area contributed by atoms with Crippen LogP contribution in [0.15, 0.2) is 18.2 Å². The normalized spacial score (nSPS) is 11.8. The van der Waals surface area contributed by atoms with Gasteiger partial charge in [-0.25, -0.2) is 8.78 Å². The fourth-order valence-corrected chi connectivity index (χ4v) is 2.49. The van der Waals surface area contributed by atoms with Gasteiger partial charge in [0, 0.05) is 12.6 Å². The van der Waals surface area contributed by atoms with Crippen molar-refractivity contribution in [1.82, 2.24) is 5.32 Å². The summed E-state index contributed by atoms with van der Waals surface area (Å²) in [6.07, 6.45) is 3.81. The van der Waals surface area contributed by atoms with E-state index in [1.165, 1.54) is 12.1 Å². The summed E-state index contributed by atoms with van der Waals surface area (Å²) in [4.78, 5) is 0.